The molecule has 1 aromatic carbocycles. The number of hydrogen-bond donors (Lipinski definition) is 0. The standard InChI is InChI=1S/C25H36F2O/c1-3-5-18-6-8-19(9-7-18)10-11-20-12-14-21(15-13-20)22-16-17-23(28-4-2)25(27)24(22)26/h14,16-20H,3-13,15H2,1-2H3/t18-,19-,20?. The SMILES string of the molecule is CCC[C@H]1CC[C@H](CCC2CC=C(c3ccc(OCC)c(F)c3F)CC2)CC1. The molecule has 156 valence electrons. The second kappa shape index (κ2) is 10.4. The van der Waals surface area contributed by atoms with Crippen LogP contribution in [0.25, 0.3) is 5.57 Å². The van der Waals surface area contributed by atoms with Crippen LogP contribution in [0.1, 0.15) is 90.0 Å². The van der Waals surface area contributed by atoms with E-state index < -0.39 is 11.6 Å². The quantitative estimate of drug-likeness (QED) is 0.438. The van der Waals surface area contributed by atoms with Crippen molar-refractivity contribution >= 4 is 5.57 Å². The maximum Gasteiger partial charge on any atom is 0.201 e. The van der Waals surface area contributed by atoms with Crippen LogP contribution in [0.5, 0.6) is 5.75 Å². The molecule has 0 N–H and O–H groups in total. The first-order valence-electron chi connectivity index (χ1n) is 11.4. The highest BCUT2D eigenvalue weighted by atomic mass is 19.2. The number of benzene rings is 1. The highest BCUT2D eigenvalue weighted by Crippen LogP contribution is 2.38. The van der Waals surface area contributed by atoms with Crippen molar-refractivity contribution in [2.45, 2.75) is 84.5 Å². The Balaban J connectivity index is 1.49. The predicted molar refractivity (Wildman–Crippen MR) is 112 cm³/mol. The Morgan fingerprint density at radius 1 is 0.857 bits per heavy atom. The zero-order valence-electron chi connectivity index (χ0n) is 17.6. The molecule has 0 aromatic heterocycles. The van der Waals surface area contributed by atoms with Gasteiger partial charge in [0.2, 0.25) is 5.82 Å². The summed E-state index contributed by atoms with van der Waals surface area (Å²) in [5.41, 5.74) is 1.37. The van der Waals surface area contributed by atoms with E-state index in [-0.39, 0.29) is 5.75 Å². The van der Waals surface area contributed by atoms with Crippen molar-refractivity contribution in [1.82, 2.24) is 0 Å². The van der Waals surface area contributed by atoms with Gasteiger partial charge in [-0.1, -0.05) is 57.9 Å². The van der Waals surface area contributed by atoms with Gasteiger partial charge in [-0.05, 0) is 68.1 Å². The van der Waals surface area contributed by atoms with E-state index in [4.69, 9.17) is 4.74 Å². The Kier molecular flexibility index (Phi) is 7.93. The minimum atomic E-state index is -0.860. The smallest absolute Gasteiger partial charge is 0.201 e. The van der Waals surface area contributed by atoms with Gasteiger partial charge >= 0.3 is 0 Å². The average Bonchev–Trinajstić information content (AvgIpc) is 2.72. The molecule has 1 aromatic rings. The Hall–Kier alpha value is -1.38. The second-order valence-corrected chi connectivity index (χ2v) is 8.79. The summed E-state index contributed by atoms with van der Waals surface area (Å²) >= 11 is 0. The van der Waals surface area contributed by atoms with Gasteiger partial charge in [0.25, 0.3) is 0 Å². The molecule has 2 aliphatic carbocycles. The maximum absolute atomic E-state index is 14.4. The molecule has 1 atom stereocenters. The van der Waals surface area contributed by atoms with E-state index in [2.05, 4.69) is 13.0 Å². The molecule has 1 nitrogen and oxygen atoms in total. The van der Waals surface area contributed by atoms with Crippen LogP contribution in [0.3, 0.4) is 0 Å². The monoisotopic (exact) mass is 390 g/mol. The molecular weight excluding hydrogens is 354 g/mol. The van der Waals surface area contributed by atoms with E-state index in [0.29, 0.717) is 18.1 Å². The summed E-state index contributed by atoms with van der Waals surface area (Å²) in [6, 6.07) is 3.23. The second-order valence-electron chi connectivity index (χ2n) is 8.79. The zero-order chi connectivity index (χ0) is 19.9. The number of hydrogen-bond acceptors (Lipinski definition) is 1. The minimum absolute atomic E-state index is 0.00620. The minimum Gasteiger partial charge on any atom is -0.491 e. The van der Waals surface area contributed by atoms with Gasteiger partial charge in [0, 0.05) is 5.56 Å². The van der Waals surface area contributed by atoms with Gasteiger partial charge < -0.3 is 4.74 Å². The van der Waals surface area contributed by atoms with Crippen molar-refractivity contribution < 1.29 is 13.5 Å². The molecule has 0 radical (unpaired) electrons. The maximum atomic E-state index is 14.4. The van der Waals surface area contributed by atoms with E-state index in [0.717, 1.165) is 36.7 Å². The first-order chi connectivity index (χ1) is 13.6. The van der Waals surface area contributed by atoms with E-state index >= 15 is 0 Å². The van der Waals surface area contributed by atoms with Crippen molar-refractivity contribution in [3.8, 4) is 5.75 Å². The van der Waals surface area contributed by atoms with Gasteiger partial charge in [-0.15, -0.1) is 0 Å². The van der Waals surface area contributed by atoms with E-state index in [1.807, 2.05) is 0 Å². The van der Waals surface area contributed by atoms with Crippen LogP contribution in [0.4, 0.5) is 8.78 Å². The lowest BCUT2D eigenvalue weighted by atomic mass is 9.76. The molecule has 0 aliphatic heterocycles. The number of ether oxygens (including phenoxy) is 1. The fourth-order valence-electron chi connectivity index (χ4n) is 5.13. The fourth-order valence-corrected chi connectivity index (χ4v) is 5.13. The van der Waals surface area contributed by atoms with Gasteiger partial charge in [-0.3, -0.25) is 0 Å². The Morgan fingerprint density at radius 3 is 2.14 bits per heavy atom. The van der Waals surface area contributed by atoms with Gasteiger partial charge in [-0.25, -0.2) is 4.39 Å². The predicted octanol–water partition coefficient (Wildman–Crippen LogP) is 7.93. The number of rotatable bonds is 8. The molecule has 28 heavy (non-hydrogen) atoms. The topological polar surface area (TPSA) is 9.23 Å². The van der Waals surface area contributed by atoms with Crippen molar-refractivity contribution in [1.29, 1.82) is 0 Å². The Bertz CT molecular complexity index is 659. The lowest BCUT2D eigenvalue weighted by molar-refractivity contribution is 0.237. The first kappa shape index (κ1) is 21.3. The summed E-state index contributed by atoms with van der Waals surface area (Å²) in [5.74, 6) is 0.974. The van der Waals surface area contributed by atoms with Crippen LogP contribution in [0, 0.1) is 29.4 Å². The van der Waals surface area contributed by atoms with Crippen LogP contribution in [-0.4, -0.2) is 6.61 Å². The van der Waals surface area contributed by atoms with Crippen molar-refractivity contribution in [3.05, 3.63) is 35.4 Å². The molecule has 0 amide bonds. The van der Waals surface area contributed by atoms with Crippen LogP contribution in [-0.2, 0) is 0 Å². The first-order valence-corrected chi connectivity index (χ1v) is 11.4. The van der Waals surface area contributed by atoms with Crippen molar-refractivity contribution in [3.63, 3.8) is 0 Å². The molecule has 3 heteroatoms. The number of allylic oxidation sites excluding steroid dienone is 2. The molecule has 0 spiro atoms. The summed E-state index contributed by atoms with van der Waals surface area (Å²) in [6.45, 7) is 4.40. The molecule has 3 rings (SSSR count). The average molecular weight is 391 g/mol. The normalized spacial score (nSPS) is 25.4. The molecule has 1 unspecified atom stereocenters. The third-order valence-corrected chi connectivity index (χ3v) is 6.86. The Morgan fingerprint density at radius 2 is 1.54 bits per heavy atom. The van der Waals surface area contributed by atoms with Crippen molar-refractivity contribution in [2.75, 3.05) is 6.61 Å². The molecule has 2 aliphatic rings. The number of halogens is 2. The molecule has 1 saturated carbocycles. The molecule has 0 heterocycles. The molecular formula is C25H36F2O. The summed E-state index contributed by atoms with van der Waals surface area (Å²) in [6.07, 6.45) is 16.1. The van der Waals surface area contributed by atoms with E-state index in [9.17, 15) is 8.78 Å². The van der Waals surface area contributed by atoms with Gasteiger partial charge in [-0.2, -0.15) is 4.39 Å². The summed E-state index contributed by atoms with van der Waals surface area (Å²) < 4.78 is 33.8. The van der Waals surface area contributed by atoms with Crippen LogP contribution in [0.15, 0.2) is 18.2 Å². The van der Waals surface area contributed by atoms with E-state index in [1.165, 1.54) is 51.4 Å². The van der Waals surface area contributed by atoms with E-state index in [1.54, 1.807) is 19.1 Å². The van der Waals surface area contributed by atoms with Crippen LogP contribution < -0.4 is 4.74 Å². The van der Waals surface area contributed by atoms with Crippen LogP contribution >= 0.6 is 0 Å². The van der Waals surface area contributed by atoms with Gasteiger partial charge in [0.1, 0.15) is 0 Å². The molecule has 0 saturated heterocycles. The summed E-state index contributed by atoms with van der Waals surface area (Å²) in [5, 5.41) is 0. The lowest BCUT2D eigenvalue weighted by Gasteiger charge is -2.30. The Labute approximate surface area is 169 Å². The van der Waals surface area contributed by atoms with Crippen molar-refractivity contribution in [2.24, 2.45) is 17.8 Å². The van der Waals surface area contributed by atoms with Crippen LogP contribution in [0.2, 0.25) is 0 Å². The summed E-state index contributed by atoms with van der Waals surface area (Å²) in [7, 11) is 0. The largest absolute Gasteiger partial charge is 0.491 e. The third kappa shape index (κ3) is 5.36. The molecule has 1 fully saturated rings. The summed E-state index contributed by atoms with van der Waals surface area (Å²) in [4.78, 5) is 0. The zero-order valence-corrected chi connectivity index (χ0v) is 17.6. The fraction of sp³-hybridized carbons (Fsp3) is 0.680. The highest BCUT2D eigenvalue weighted by molar-refractivity contribution is 5.67. The molecule has 0 bridgehead atoms. The van der Waals surface area contributed by atoms with Gasteiger partial charge in [0.05, 0.1) is 6.61 Å². The van der Waals surface area contributed by atoms with Gasteiger partial charge in [0.15, 0.2) is 11.6 Å². The third-order valence-electron chi connectivity index (χ3n) is 6.86. The highest BCUT2D eigenvalue weighted by Gasteiger charge is 2.24. The lowest BCUT2D eigenvalue weighted by Crippen LogP contribution is -2.16.